The van der Waals surface area contributed by atoms with Gasteiger partial charge in [0.1, 0.15) is 0 Å². The van der Waals surface area contributed by atoms with E-state index in [0.717, 1.165) is 11.3 Å². The number of rotatable bonds is 7. The molecule has 0 aromatic heterocycles. The molecule has 1 amide bonds. The second-order valence-electron chi connectivity index (χ2n) is 5.70. The minimum atomic E-state index is 0.0291. The van der Waals surface area contributed by atoms with E-state index < -0.39 is 0 Å². The molecule has 1 aromatic rings. The lowest BCUT2D eigenvalue weighted by Gasteiger charge is -2.22. The maximum absolute atomic E-state index is 12.1. The summed E-state index contributed by atoms with van der Waals surface area (Å²) in [7, 11) is 0. The van der Waals surface area contributed by atoms with Crippen LogP contribution in [-0.4, -0.2) is 23.7 Å². The van der Waals surface area contributed by atoms with Gasteiger partial charge in [-0.15, -0.1) is 0 Å². The standard InChI is InChI=1S/C16H26N2O2/c1-11(2)15(8-9-19)18-16(20)10-12(3)13-4-6-14(17)7-5-13/h4-7,11-12,15,19H,8-10,17H2,1-3H3,(H,18,20). The van der Waals surface area contributed by atoms with Gasteiger partial charge in [-0.05, 0) is 36.0 Å². The summed E-state index contributed by atoms with van der Waals surface area (Å²) in [6.45, 7) is 6.21. The van der Waals surface area contributed by atoms with Crippen molar-refractivity contribution in [2.24, 2.45) is 5.92 Å². The van der Waals surface area contributed by atoms with Gasteiger partial charge < -0.3 is 16.2 Å². The molecule has 0 aliphatic heterocycles. The van der Waals surface area contributed by atoms with Crippen LogP contribution in [0.1, 0.15) is 45.1 Å². The molecular weight excluding hydrogens is 252 g/mol. The van der Waals surface area contributed by atoms with Crippen LogP contribution in [0.3, 0.4) is 0 Å². The third kappa shape index (κ3) is 5.21. The van der Waals surface area contributed by atoms with E-state index >= 15 is 0 Å². The Balaban J connectivity index is 2.54. The normalized spacial score (nSPS) is 14.1. The molecule has 2 unspecified atom stereocenters. The third-order valence-corrected chi connectivity index (χ3v) is 3.59. The van der Waals surface area contributed by atoms with Gasteiger partial charge >= 0.3 is 0 Å². The number of carbonyl (C=O) groups excluding carboxylic acids is 1. The Hall–Kier alpha value is -1.55. The van der Waals surface area contributed by atoms with Gasteiger partial charge in [-0.25, -0.2) is 0 Å². The fourth-order valence-corrected chi connectivity index (χ4v) is 2.20. The fraction of sp³-hybridized carbons (Fsp3) is 0.562. The van der Waals surface area contributed by atoms with Gasteiger partial charge in [0.25, 0.3) is 0 Å². The van der Waals surface area contributed by atoms with Crippen molar-refractivity contribution in [3.63, 3.8) is 0 Å². The van der Waals surface area contributed by atoms with Crippen LogP contribution in [-0.2, 0) is 4.79 Å². The zero-order valence-electron chi connectivity index (χ0n) is 12.6. The number of nitrogens with one attached hydrogen (secondary N) is 1. The van der Waals surface area contributed by atoms with Gasteiger partial charge in [0.15, 0.2) is 0 Å². The van der Waals surface area contributed by atoms with Crippen molar-refractivity contribution in [3.05, 3.63) is 29.8 Å². The van der Waals surface area contributed by atoms with E-state index in [1.165, 1.54) is 0 Å². The van der Waals surface area contributed by atoms with E-state index in [4.69, 9.17) is 10.8 Å². The summed E-state index contributed by atoms with van der Waals surface area (Å²) in [5.74, 6) is 0.497. The van der Waals surface area contributed by atoms with Crippen molar-refractivity contribution in [1.29, 1.82) is 0 Å². The summed E-state index contributed by atoms with van der Waals surface area (Å²) in [5, 5.41) is 12.0. The van der Waals surface area contributed by atoms with Crippen LogP contribution in [0.4, 0.5) is 5.69 Å². The van der Waals surface area contributed by atoms with Crippen LogP contribution >= 0.6 is 0 Å². The second-order valence-corrected chi connectivity index (χ2v) is 5.70. The summed E-state index contributed by atoms with van der Waals surface area (Å²) in [5.41, 5.74) is 7.50. The van der Waals surface area contributed by atoms with Gasteiger partial charge in [-0.1, -0.05) is 32.9 Å². The third-order valence-electron chi connectivity index (χ3n) is 3.59. The van der Waals surface area contributed by atoms with E-state index in [-0.39, 0.29) is 24.5 Å². The van der Waals surface area contributed by atoms with Crippen molar-refractivity contribution < 1.29 is 9.90 Å². The highest BCUT2D eigenvalue weighted by molar-refractivity contribution is 5.77. The van der Waals surface area contributed by atoms with Gasteiger partial charge in [-0.2, -0.15) is 0 Å². The first kappa shape index (κ1) is 16.5. The first-order chi connectivity index (χ1) is 9.43. The topological polar surface area (TPSA) is 75.3 Å². The number of aliphatic hydroxyl groups excluding tert-OH is 1. The van der Waals surface area contributed by atoms with Crippen molar-refractivity contribution >= 4 is 11.6 Å². The van der Waals surface area contributed by atoms with Crippen LogP contribution in [0.15, 0.2) is 24.3 Å². The van der Waals surface area contributed by atoms with Crippen LogP contribution in [0.25, 0.3) is 0 Å². The molecule has 1 aromatic carbocycles. The Kier molecular flexibility index (Phi) is 6.52. The molecule has 1 rings (SSSR count). The molecular formula is C16H26N2O2. The van der Waals surface area contributed by atoms with Crippen molar-refractivity contribution in [3.8, 4) is 0 Å². The van der Waals surface area contributed by atoms with Crippen LogP contribution < -0.4 is 11.1 Å². The lowest BCUT2D eigenvalue weighted by molar-refractivity contribution is -0.122. The molecule has 4 nitrogen and oxygen atoms in total. The molecule has 0 aliphatic rings. The Morgan fingerprint density at radius 1 is 1.25 bits per heavy atom. The summed E-state index contributed by atoms with van der Waals surface area (Å²) >= 11 is 0. The highest BCUT2D eigenvalue weighted by atomic mass is 16.3. The molecule has 0 saturated carbocycles. The molecule has 0 spiro atoms. The number of nitrogens with two attached hydrogens (primary N) is 1. The lowest BCUT2D eigenvalue weighted by Crippen LogP contribution is -2.39. The van der Waals surface area contributed by atoms with E-state index in [2.05, 4.69) is 5.32 Å². The monoisotopic (exact) mass is 278 g/mol. The number of nitrogen functional groups attached to an aromatic ring is 1. The second kappa shape index (κ2) is 7.90. The number of hydrogen-bond acceptors (Lipinski definition) is 3. The summed E-state index contributed by atoms with van der Waals surface area (Å²) < 4.78 is 0. The number of benzene rings is 1. The number of hydrogen-bond donors (Lipinski definition) is 3. The molecule has 4 N–H and O–H groups in total. The van der Waals surface area contributed by atoms with Crippen molar-refractivity contribution in [2.75, 3.05) is 12.3 Å². The molecule has 0 radical (unpaired) electrons. The van der Waals surface area contributed by atoms with Crippen LogP contribution in [0, 0.1) is 5.92 Å². The Labute approximate surface area is 121 Å². The Bertz CT molecular complexity index is 415. The molecule has 20 heavy (non-hydrogen) atoms. The molecule has 0 bridgehead atoms. The minimum absolute atomic E-state index is 0.0291. The number of amides is 1. The van der Waals surface area contributed by atoms with Gasteiger partial charge in [-0.3, -0.25) is 4.79 Å². The van der Waals surface area contributed by atoms with E-state index in [1.54, 1.807) is 0 Å². The highest BCUT2D eigenvalue weighted by Crippen LogP contribution is 2.20. The summed E-state index contributed by atoms with van der Waals surface area (Å²) in [6, 6.07) is 7.66. The van der Waals surface area contributed by atoms with E-state index in [0.29, 0.717) is 18.8 Å². The van der Waals surface area contributed by atoms with Gasteiger partial charge in [0.05, 0.1) is 0 Å². The SMILES string of the molecule is CC(CC(=O)NC(CCO)C(C)C)c1ccc(N)cc1. The molecule has 4 heteroatoms. The average Bonchev–Trinajstić information content (AvgIpc) is 2.38. The first-order valence-corrected chi connectivity index (χ1v) is 7.19. The van der Waals surface area contributed by atoms with E-state index in [9.17, 15) is 4.79 Å². The smallest absolute Gasteiger partial charge is 0.220 e. The summed E-state index contributed by atoms with van der Waals surface area (Å²) in [4.78, 5) is 12.1. The first-order valence-electron chi connectivity index (χ1n) is 7.19. The van der Waals surface area contributed by atoms with Gasteiger partial charge in [0, 0.05) is 24.8 Å². The maximum atomic E-state index is 12.1. The van der Waals surface area contributed by atoms with Crippen molar-refractivity contribution in [1.82, 2.24) is 5.32 Å². The molecule has 0 aliphatic carbocycles. The largest absolute Gasteiger partial charge is 0.399 e. The Morgan fingerprint density at radius 2 is 1.85 bits per heavy atom. The molecule has 0 heterocycles. The molecule has 112 valence electrons. The quantitative estimate of drug-likeness (QED) is 0.670. The number of carbonyl (C=O) groups is 1. The van der Waals surface area contributed by atoms with E-state index in [1.807, 2.05) is 45.0 Å². The Morgan fingerprint density at radius 3 is 2.35 bits per heavy atom. The van der Waals surface area contributed by atoms with Crippen LogP contribution in [0.5, 0.6) is 0 Å². The lowest BCUT2D eigenvalue weighted by atomic mass is 9.96. The van der Waals surface area contributed by atoms with Gasteiger partial charge in [0.2, 0.25) is 5.91 Å². The predicted molar refractivity (Wildman–Crippen MR) is 82.4 cm³/mol. The zero-order chi connectivity index (χ0) is 15.1. The number of anilines is 1. The molecule has 2 atom stereocenters. The summed E-state index contributed by atoms with van der Waals surface area (Å²) in [6.07, 6.45) is 1.04. The minimum Gasteiger partial charge on any atom is -0.399 e. The number of aliphatic hydroxyl groups is 1. The molecule has 0 saturated heterocycles. The van der Waals surface area contributed by atoms with Crippen LogP contribution in [0.2, 0.25) is 0 Å². The van der Waals surface area contributed by atoms with Crippen molar-refractivity contribution in [2.45, 2.75) is 45.6 Å². The average molecular weight is 278 g/mol. The zero-order valence-corrected chi connectivity index (χ0v) is 12.6. The highest BCUT2D eigenvalue weighted by Gasteiger charge is 2.17. The maximum Gasteiger partial charge on any atom is 0.220 e. The predicted octanol–water partition coefficient (Wildman–Crippen LogP) is 2.29. The molecule has 0 fully saturated rings. The fourth-order valence-electron chi connectivity index (χ4n) is 2.20.